The zero-order valence-corrected chi connectivity index (χ0v) is 16.4. The van der Waals surface area contributed by atoms with Crippen LogP contribution in [0.5, 0.6) is 0 Å². The van der Waals surface area contributed by atoms with Crippen LogP contribution in [0.15, 0.2) is 36.4 Å². The molecule has 0 bridgehead atoms. The number of H-pyrrole nitrogens is 1. The van der Waals surface area contributed by atoms with Gasteiger partial charge in [-0.15, -0.1) is 0 Å². The van der Waals surface area contributed by atoms with Crippen molar-refractivity contribution in [3.05, 3.63) is 70.3 Å². The number of hydrogen-bond donors (Lipinski definition) is 2. The van der Waals surface area contributed by atoms with Gasteiger partial charge in [-0.05, 0) is 37.8 Å². The van der Waals surface area contributed by atoms with E-state index in [-0.39, 0.29) is 5.91 Å². The summed E-state index contributed by atoms with van der Waals surface area (Å²) in [7, 11) is 0. The average molecular weight is 365 g/mol. The molecule has 0 unspecified atom stereocenters. The molecule has 0 aliphatic rings. The number of benzene rings is 1. The molecule has 0 saturated carbocycles. The molecule has 0 spiro atoms. The lowest BCUT2D eigenvalue weighted by molar-refractivity contribution is 0.0946. The van der Waals surface area contributed by atoms with Gasteiger partial charge in [-0.25, -0.2) is 0 Å². The summed E-state index contributed by atoms with van der Waals surface area (Å²) in [5.41, 5.74) is 5.67. The largest absolute Gasteiger partial charge is 0.346 e. The van der Waals surface area contributed by atoms with Crippen molar-refractivity contribution in [1.82, 2.24) is 25.3 Å². The summed E-state index contributed by atoms with van der Waals surface area (Å²) < 4.78 is 1.99. The van der Waals surface area contributed by atoms with E-state index in [0.717, 1.165) is 35.6 Å². The van der Waals surface area contributed by atoms with Crippen molar-refractivity contribution in [1.29, 1.82) is 0 Å². The maximum absolute atomic E-state index is 12.4. The quantitative estimate of drug-likeness (QED) is 0.674. The van der Waals surface area contributed by atoms with E-state index < -0.39 is 0 Å². The fraction of sp³-hybridized carbons (Fsp3) is 0.381. The number of nitrogens with one attached hydrogen (secondary N) is 2. The molecule has 3 aromatic rings. The van der Waals surface area contributed by atoms with Crippen LogP contribution in [0.3, 0.4) is 0 Å². The van der Waals surface area contributed by atoms with E-state index in [4.69, 9.17) is 0 Å². The smallest absolute Gasteiger partial charge is 0.272 e. The van der Waals surface area contributed by atoms with Crippen molar-refractivity contribution < 1.29 is 4.79 Å². The van der Waals surface area contributed by atoms with Crippen LogP contribution < -0.4 is 5.32 Å². The minimum Gasteiger partial charge on any atom is -0.346 e. The number of nitrogens with zero attached hydrogens (tertiary/aromatic N) is 3. The summed E-state index contributed by atoms with van der Waals surface area (Å²) in [5.74, 6) is 0.345. The molecule has 1 amide bonds. The minimum absolute atomic E-state index is 0.170. The van der Waals surface area contributed by atoms with Crippen LogP contribution in [-0.4, -0.2) is 25.9 Å². The third-order valence-electron chi connectivity index (χ3n) is 4.62. The SMILES string of the molecule is Cc1nn(Cc2ccccc2)c(C)c1CNC(=O)c1cc(CC(C)C)[nH]n1. The first-order valence-electron chi connectivity index (χ1n) is 9.33. The Morgan fingerprint density at radius 3 is 2.67 bits per heavy atom. The molecule has 142 valence electrons. The zero-order valence-electron chi connectivity index (χ0n) is 16.4. The van der Waals surface area contributed by atoms with Gasteiger partial charge in [0.2, 0.25) is 0 Å². The molecule has 2 N–H and O–H groups in total. The van der Waals surface area contributed by atoms with Gasteiger partial charge in [-0.2, -0.15) is 10.2 Å². The zero-order chi connectivity index (χ0) is 19.4. The number of aryl methyl sites for hydroxylation is 1. The first-order valence-corrected chi connectivity index (χ1v) is 9.33. The Bertz CT molecular complexity index is 908. The van der Waals surface area contributed by atoms with Crippen LogP contribution in [0.1, 0.15) is 52.5 Å². The first-order chi connectivity index (χ1) is 12.9. The maximum atomic E-state index is 12.4. The van der Waals surface area contributed by atoms with E-state index in [1.54, 1.807) is 0 Å². The predicted octanol–water partition coefficient (Wildman–Crippen LogP) is 3.40. The fourth-order valence-electron chi connectivity index (χ4n) is 3.18. The highest BCUT2D eigenvalue weighted by Crippen LogP contribution is 2.15. The highest BCUT2D eigenvalue weighted by molar-refractivity contribution is 5.92. The Labute approximate surface area is 160 Å². The van der Waals surface area contributed by atoms with E-state index in [0.29, 0.717) is 18.2 Å². The lowest BCUT2D eigenvalue weighted by atomic mass is 10.1. The van der Waals surface area contributed by atoms with Crippen LogP contribution >= 0.6 is 0 Å². The fourth-order valence-corrected chi connectivity index (χ4v) is 3.18. The third kappa shape index (κ3) is 4.64. The number of aromatic nitrogens is 4. The third-order valence-corrected chi connectivity index (χ3v) is 4.62. The van der Waals surface area contributed by atoms with Gasteiger partial charge in [-0.3, -0.25) is 14.6 Å². The van der Waals surface area contributed by atoms with Crippen LogP contribution in [0, 0.1) is 19.8 Å². The van der Waals surface area contributed by atoms with Gasteiger partial charge < -0.3 is 5.32 Å². The number of hydrogen-bond acceptors (Lipinski definition) is 3. The van der Waals surface area contributed by atoms with E-state index in [2.05, 4.69) is 46.6 Å². The van der Waals surface area contributed by atoms with Crippen molar-refractivity contribution >= 4 is 5.91 Å². The summed E-state index contributed by atoms with van der Waals surface area (Å²) in [5, 5.41) is 14.7. The Hall–Kier alpha value is -2.89. The van der Waals surface area contributed by atoms with Crippen molar-refractivity contribution in [2.75, 3.05) is 0 Å². The van der Waals surface area contributed by atoms with E-state index in [1.807, 2.05) is 42.8 Å². The molecule has 6 heteroatoms. The van der Waals surface area contributed by atoms with E-state index in [1.165, 1.54) is 5.56 Å². The summed E-state index contributed by atoms with van der Waals surface area (Å²) >= 11 is 0. The second-order valence-electron chi connectivity index (χ2n) is 7.35. The first kappa shape index (κ1) is 18.9. The molecule has 0 atom stereocenters. The van der Waals surface area contributed by atoms with Crippen molar-refractivity contribution in [3.63, 3.8) is 0 Å². The van der Waals surface area contributed by atoms with Gasteiger partial charge in [0.25, 0.3) is 5.91 Å². The Balaban J connectivity index is 1.65. The van der Waals surface area contributed by atoms with Gasteiger partial charge >= 0.3 is 0 Å². The number of amides is 1. The number of carbonyl (C=O) groups is 1. The van der Waals surface area contributed by atoms with Gasteiger partial charge in [0.1, 0.15) is 5.69 Å². The molecule has 6 nitrogen and oxygen atoms in total. The van der Waals surface area contributed by atoms with Gasteiger partial charge in [-0.1, -0.05) is 44.2 Å². The topological polar surface area (TPSA) is 75.6 Å². The molecule has 0 saturated heterocycles. The number of rotatable bonds is 7. The Morgan fingerprint density at radius 1 is 1.22 bits per heavy atom. The average Bonchev–Trinajstić information content (AvgIpc) is 3.19. The maximum Gasteiger partial charge on any atom is 0.272 e. The van der Waals surface area contributed by atoms with E-state index in [9.17, 15) is 4.79 Å². The summed E-state index contributed by atoms with van der Waals surface area (Å²) in [6.45, 7) is 9.46. The molecule has 0 fully saturated rings. The molecule has 27 heavy (non-hydrogen) atoms. The predicted molar refractivity (Wildman–Crippen MR) is 106 cm³/mol. The van der Waals surface area contributed by atoms with Crippen LogP contribution in [-0.2, 0) is 19.5 Å². The highest BCUT2D eigenvalue weighted by atomic mass is 16.1. The van der Waals surface area contributed by atoms with Crippen molar-refractivity contribution in [2.24, 2.45) is 5.92 Å². The van der Waals surface area contributed by atoms with Gasteiger partial charge in [0.05, 0.1) is 12.2 Å². The van der Waals surface area contributed by atoms with E-state index >= 15 is 0 Å². The highest BCUT2D eigenvalue weighted by Gasteiger charge is 2.15. The van der Waals surface area contributed by atoms with Crippen LogP contribution in [0.2, 0.25) is 0 Å². The van der Waals surface area contributed by atoms with Crippen LogP contribution in [0.4, 0.5) is 0 Å². The molecule has 0 radical (unpaired) electrons. The molecule has 2 aromatic heterocycles. The molecule has 0 aliphatic carbocycles. The second-order valence-corrected chi connectivity index (χ2v) is 7.35. The van der Waals surface area contributed by atoms with Crippen LogP contribution in [0.25, 0.3) is 0 Å². The summed E-state index contributed by atoms with van der Waals surface area (Å²) in [4.78, 5) is 12.4. The lowest BCUT2D eigenvalue weighted by Gasteiger charge is -2.06. The lowest BCUT2D eigenvalue weighted by Crippen LogP contribution is -2.23. The number of carbonyl (C=O) groups excluding carboxylic acids is 1. The molecule has 1 aromatic carbocycles. The Morgan fingerprint density at radius 2 is 1.96 bits per heavy atom. The summed E-state index contributed by atoms with van der Waals surface area (Å²) in [6, 6.07) is 12.1. The number of aromatic amines is 1. The molecular formula is C21H27N5O. The van der Waals surface area contributed by atoms with Gasteiger partial charge in [0.15, 0.2) is 0 Å². The summed E-state index contributed by atoms with van der Waals surface area (Å²) in [6.07, 6.45) is 0.880. The molecule has 2 heterocycles. The standard InChI is InChI=1S/C21H27N5O/c1-14(2)10-18-11-20(24-23-18)21(27)22-12-19-15(3)25-26(16(19)4)13-17-8-6-5-7-9-17/h5-9,11,14H,10,12-13H2,1-4H3,(H,22,27)(H,23,24). The van der Waals surface area contributed by atoms with Crippen molar-refractivity contribution in [2.45, 2.75) is 47.2 Å². The minimum atomic E-state index is -0.170. The normalized spacial score (nSPS) is 11.1. The van der Waals surface area contributed by atoms with Crippen molar-refractivity contribution in [3.8, 4) is 0 Å². The second kappa shape index (κ2) is 8.20. The molecule has 0 aliphatic heterocycles. The molecular weight excluding hydrogens is 338 g/mol. The molecule has 3 rings (SSSR count). The van der Waals surface area contributed by atoms with Gasteiger partial charge in [0, 0.05) is 23.5 Å². The Kier molecular flexibility index (Phi) is 5.74. The monoisotopic (exact) mass is 365 g/mol.